The van der Waals surface area contributed by atoms with Gasteiger partial charge in [0, 0.05) is 0 Å². The van der Waals surface area contributed by atoms with E-state index in [1.807, 2.05) is 0 Å². The Morgan fingerprint density at radius 1 is 0.722 bits per heavy atom. The molecule has 0 aliphatic rings. The van der Waals surface area contributed by atoms with E-state index < -0.39 is 54.1 Å². The van der Waals surface area contributed by atoms with Crippen molar-refractivity contribution in [3.05, 3.63) is 41.5 Å². The highest BCUT2D eigenvalue weighted by Crippen LogP contribution is 2.45. The molecule has 4 nitrogen and oxygen atoms in total. The summed E-state index contributed by atoms with van der Waals surface area (Å²) in [4.78, 5) is 0. The third-order valence-electron chi connectivity index (χ3n) is 5.71. The second-order valence-corrected chi connectivity index (χ2v) is 9.77. The van der Waals surface area contributed by atoms with E-state index in [9.17, 15) is 49.7 Å². The number of benzene rings is 1. The molecule has 0 saturated heterocycles. The SMILES string of the molecule is C=C(C)c1ccc(C(C)(C)OCC(C)(O)C(F)(F)F)c(C(C)(C)OCC(O)(C(F)(F)F)C(F)(F)F)c1. The Labute approximate surface area is 202 Å². The lowest BCUT2D eigenvalue weighted by atomic mass is 9.83. The monoisotopic (exact) mass is 540 g/mol. The van der Waals surface area contributed by atoms with E-state index in [2.05, 4.69) is 6.58 Å². The van der Waals surface area contributed by atoms with E-state index in [0.717, 1.165) is 13.8 Å². The van der Waals surface area contributed by atoms with Crippen molar-refractivity contribution in [2.75, 3.05) is 13.2 Å². The van der Waals surface area contributed by atoms with Crippen LogP contribution >= 0.6 is 0 Å². The van der Waals surface area contributed by atoms with Crippen molar-refractivity contribution in [3.8, 4) is 0 Å². The molecule has 0 radical (unpaired) electrons. The Morgan fingerprint density at radius 2 is 1.14 bits per heavy atom. The molecule has 0 spiro atoms. The molecule has 0 bridgehead atoms. The lowest BCUT2D eigenvalue weighted by Gasteiger charge is -2.39. The summed E-state index contributed by atoms with van der Waals surface area (Å²) in [6.45, 7) is 7.19. The minimum Gasteiger partial charge on any atom is -0.379 e. The summed E-state index contributed by atoms with van der Waals surface area (Å²) in [5.74, 6) is 0. The highest BCUT2D eigenvalue weighted by atomic mass is 19.4. The minimum atomic E-state index is -6.12. The quantitative estimate of drug-likeness (QED) is 0.357. The van der Waals surface area contributed by atoms with Crippen LogP contribution in [0.3, 0.4) is 0 Å². The topological polar surface area (TPSA) is 58.9 Å². The van der Waals surface area contributed by atoms with Crippen LogP contribution in [0.4, 0.5) is 39.5 Å². The van der Waals surface area contributed by atoms with Gasteiger partial charge in [0.05, 0.1) is 24.4 Å². The summed E-state index contributed by atoms with van der Waals surface area (Å²) < 4.78 is 128. The molecular weight excluding hydrogens is 511 g/mol. The van der Waals surface area contributed by atoms with Crippen LogP contribution in [0.15, 0.2) is 24.8 Å². The molecule has 1 aromatic rings. The maximum Gasteiger partial charge on any atom is 0.428 e. The summed E-state index contributed by atoms with van der Waals surface area (Å²) in [5.41, 5.74) is -11.1. The van der Waals surface area contributed by atoms with Crippen LogP contribution in [-0.4, -0.2) is 53.2 Å². The van der Waals surface area contributed by atoms with Crippen LogP contribution in [0.5, 0.6) is 0 Å². The molecule has 0 heterocycles. The fourth-order valence-corrected chi connectivity index (χ4v) is 3.00. The molecule has 0 aromatic heterocycles. The number of hydrogen-bond acceptors (Lipinski definition) is 4. The lowest BCUT2D eigenvalue weighted by molar-refractivity contribution is -0.382. The largest absolute Gasteiger partial charge is 0.428 e. The number of ether oxygens (including phenoxy) is 2. The Kier molecular flexibility index (Phi) is 8.77. The standard InChI is InChI=1S/C23H29F9O4/c1-13(2)14-8-9-15(17(3,4)35-11-19(7,33)21(24,25)26)16(10-14)18(5,6)36-12-20(34,22(27,28)29)23(30,31)32/h8-10,33-34H,1,11-12H2,2-7H3. The molecule has 1 atom stereocenters. The number of alkyl halides is 9. The zero-order valence-corrected chi connectivity index (χ0v) is 20.5. The van der Waals surface area contributed by atoms with E-state index in [-0.39, 0.29) is 11.1 Å². The maximum atomic E-state index is 13.1. The lowest BCUT2D eigenvalue weighted by Crippen LogP contribution is -2.60. The zero-order valence-electron chi connectivity index (χ0n) is 20.5. The second-order valence-electron chi connectivity index (χ2n) is 9.77. The van der Waals surface area contributed by atoms with Gasteiger partial charge >= 0.3 is 18.5 Å². The van der Waals surface area contributed by atoms with Crippen LogP contribution in [0, 0.1) is 0 Å². The first-order valence-corrected chi connectivity index (χ1v) is 10.4. The van der Waals surface area contributed by atoms with Crippen LogP contribution in [0.25, 0.3) is 5.57 Å². The molecule has 1 rings (SSSR count). The summed E-state index contributed by atoms with van der Waals surface area (Å²) >= 11 is 0. The van der Waals surface area contributed by atoms with E-state index in [4.69, 9.17) is 9.47 Å². The third-order valence-corrected chi connectivity index (χ3v) is 5.71. The van der Waals surface area contributed by atoms with E-state index in [1.165, 1.54) is 32.0 Å². The molecule has 0 amide bonds. The van der Waals surface area contributed by atoms with Crippen molar-refractivity contribution >= 4 is 5.57 Å². The fourth-order valence-electron chi connectivity index (χ4n) is 3.00. The van der Waals surface area contributed by atoms with Crippen molar-refractivity contribution in [2.24, 2.45) is 0 Å². The van der Waals surface area contributed by atoms with Crippen molar-refractivity contribution < 1.29 is 59.2 Å². The fraction of sp³-hybridized carbons (Fsp3) is 0.652. The Hall–Kier alpha value is -1.83. The normalized spacial score (nSPS) is 16.1. The molecule has 13 heteroatoms. The number of hydrogen-bond donors (Lipinski definition) is 2. The Balaban J connectivity index is 3.53. The molecule has 1 unspecified atom stereocenters. The number of halogens is 9. The van der Waals surface area contributed by atoms with E-state index >= 15 is 0 Å². The van der Waals surface area contributed by atoms with Crippen molar-refractivity contribution in [3.63, 3.8) is 0 Å². The first-order valence-electron chi connectivity index (χ1n) is 10.4. The van der Waals surface area contributed by atoms with Crippen LogP contribution in [0.2, 0.25) is 0 Å². The summed E-state index contributed by atoms with van der Waals surface area (Å²) in [6.07, 6.45) is -17.3. The molecule has 208 valence electrons. The van der Waals surface area contributed by atoms with Gasteiger partial charge in [-0.2, -0.15) is 39.5 Å². The number of aliphatic hydroxyl groups is 2. The van der Waals surface area contributed by atoms with Crippen molar-refractivity contribution in [2.45, 2.75) is 82.5 Å². The molecule has 0 aliphatic heterocycles. The van der Waals surface area contributed by atoms with Crippen LogP contribution in [-0.2, 0) is 20.7 Å². The van der Waals surface area contributed by atoms with Gasteiger partial charge in [0.25, 0.3) is 5.60 Å². The van der Waals surface area contributed by atoms with Gasteiger partial charge in [-0.05, 0) is 64.3 Å². The number of allylic oxidation sites excluding steroid dienone is 1. The Bertz CT molecular complexity index is 928. The first kappa shape index (κ1) is 32.2. The van der Waals surface area contributed by atoms with Gasteiger partial charge in [-0.3, -0.25) is 0 Å². The Morgan fingerprint density at radius 3 is 1.53 bits per heavy atom. The van der Waals surface area contributed by atoms with E-state index in [0.29, 0.717) is 18.1 Å². The summed E-state index contributed by atoms with van der Waals surface area (Å²) in [7, 11) is 0. The molecule has 0 aliphatic carbocycles. The van der Waals surface area contributed by atoms with Crippen LogP contribution in [0.1, 0.15) is 58.2 Å². The molecule has 1 aromatic carbocycles. The number of rotatable bonds is 9. The summed E-state index contributed by atoms with van der Waals surface area (Å²) in [5, 5.41) is 19.2. The highest BCUT2D eigenvalue weighted by Gasteiger charge is 2.71. The molecule has 0 saturated carbocycles. The van der Waals surface area contributed by atoms with Crippen LogP contribution < -0.4 is 0 Å². The zero-order chi connectivity index (χ0) is 28.8. The molecule has 2 N–H and O–H groups in total. The van der Waals surface area contributed by atoms with Gasteiger partial charge in [-0.15, -0.1) is 0 Å². The molecule has 0 fully saturated rings. The highest BCUT2D eigenvalue weighted by molar-refractivity contribution is 5.63. The van der Waals surface area contributed by atoms with Crippen molar-refractivity contribution in [1.29, 1.82) is 0 Å². The average Bonchev–Trinajstić information content (AvgIpc) is 2.67. The smallest absolute Gasteiger partial charge is 0.379 e. The van der Waals surface area contributed by atoms with Gasteiger partial charge in [0.2, 0.25) is 0 Å². The molecule has 36 heavy (non-hydrogen) atoms. The predicted molar refractivity (Wildman–Crippen MR) is 113 cm³/mol. The second kappa shape index (κ2) is 9.80. The maximum absolute atomic E-state index is 13.1. The summed E-state index contributed by atoms with van der Waals surface area (Å²) in [6, 6.07) is 4.17. The average molecular weight is 540 g/mol. The van der Waals surface area contributed by atoms with Gasteiger partial charge < -0.3 is 19.7 Å². The minimum absolute atomic E-state index is 0.0358. The van der Waals surface area contributed by atoms with Gasteiger partial charge in [0.1, 0.15) is 0 Å². The first-order chi connectivity index (χ1) is 15.7. The van der Waals surface area contributed by atoms with Crippen molar-refractivity contribution in [1.82, 2.24) is 0 Å². The van der Waals surface area contributed by atoms with E-state index in [1.54, 1.807) is 6.92 Å². The predicted octanol–water partition coefficient (Wildman–Crippen LogP) is 6.39. The van der Waals surface area contributed by atoms with Gasteiger partial charge in [-0.1, -0.05) is 24.3 Å². The van der Waals surface area contributed by atoms with Gasteiger partial charge in [-0.25, -0.2) is 0 Å². The van der Waals surface area contributed by atoms with Gasteiger partial charge in [0.15, 0.2) is 5.60 Å². The molecular formula is C23H29F9O4. The third kappa shape index (κ3) is 6.73.